The molecule has 0 amide bonds. The lowest BCUT2D eigenvalue weighted by molar-refractivity contribution is -0.145. The fourth-order valence-corrected chi connectivity index (χ4v) is 1.89. The Morgan fingerprint density at radius 3 is 2.57 bits per heavy atom. The third-order valence-electron chi connectivity index (χ3n) is 3.03. The smallest absolute Gasteiger partial charge is 0.344 e. The maximum atomic E-state index is 11.0. The van der Waals surface area contributed by atoms with Crippen molar-refractivity contribution in [2.75, 3.05) is 13.7 Å². The van der Waals surface area contributed by atoms with Crippen molar-refractivity contribution >= 4 is 5.97 Å². The fourth-order valence-electron chi connectivity index (χ4n) is 1.89. The van der Waals surface area contributed by atoms with Gasteiger partial charge in [0, 0.05) is 6.54 Å². The molecule has 0 aromatic heterocycles. The standard InChI is InChI=1S/C16H25NO4/c1-5-13(16(18)19)21-14-7-6-12(8-15(14)20-4)10-17-9-11(2)3/h6-8,11,13,17H,5,9-10H2,1-4H3,(H,18,19). The Balaban J connectivity index is 2.76. The maximum Gasteiger partial charge on any atom is 0.344 e. The normalized spacial score (nSPS) is 12.2. The van der Waals surface area contributed by atoms with E-state index < -0.39 is 12.1 Å². The molecule has 2 N–H and O–H groups in total. The number of hydrogen-bond acceptors (Lipinski definition) is 4. The monoisotopic (exact) mass is 295 g/mol. The minimum absolute atomic E-state index is 0.399. The Bertz CT molecular complexity index is 460. The van der Waals surface area contributed by atoms with E-state index in [1.165, 1.54) is 0 Å². The topological polar surface area (TPSA) is 67.8 Å². The van der Waals surface area contributed by atoms with Gasteiger partial charge in [0.05, 0.1) is 7.11 Å². The summed E-state index contributed by atoms with van der Waals surface area (Å²) in [6.45, 7) is 7.76. The highest BCUT2D eigenvalue weighted by Gasteiger charge is 2.19. The van der Waals surface area contributed by atoms with Crippen LogP contribution in [0.1, 0.15) is 32.8 Å². The minimum atomic E-state index is -0.970. The van der Waals surface area contributed by atoms with Crippen LogP contribution in [-0.4, -0.2) is 30.8 Å². The van der Waals surface area contributed by atoms with Crippen molar-refractivity contribution in [1.82, 2.24) is 5.32 Å². The van der Waals surface area contributed by atoms with Gasteiger partial charge in [-0.2, -0.15) is 0 Å². The molecule has 0 spiro atoms. The van der Waals surface area contributed by atoms with E-state index in [4.69, 9.17) is 14.6 Å². The number of ether oxygens (including phenoxy) is 2. The van der Waals surface area contributed by atoms with Crippen molar-refractivity contribution in [2.24, 2.45) is 5.92 Å². The molecular weight excluding hydrogens is 270 g/mol. The summed E-state index contributed by atoms with van der Waals surface area (Å²) in [6.07, 6.45) is -0.459. The molecule has 0 saturated heterocycles. The summed E-state index contributed by atoms with van der Waals surface area (Å²) in [5.74, 6) is 0.635. The molecule has 1 atom stereocenters. The van der Waals surface area contributed by atoms with Crippen LogP contribution >= 0.6 is 0 Å². The molecule has 0 aliphatic heterocycles. The summed E-state index contributed by atoms with van der Waals surface area (Å²) < 4.78 is 10.8. The number of methoxy groups -OCH3 is 1. The first kappa shape index (κ1) is 17.3. The zero-order valence-corrected chi connectivity index (χ0v) is 13.2. The van der Waals surface area contributed by atoms with Crippen LogP contribution in [0.25, 0.3) is 0 Å². The molecule has 118 valence electrons. The highest BCUT2D eigenvalue weighted by Crippen LogP contribution is 2.29. The summed E-state index contributed by atoms with van der Waals surface area (Å²) in [7, 11) is 1.55. The Morgan fingerprint density at radius 2 is 2.05 bits per heavy atom. The number of rotatable bonds is 9. The lowest BCUT2D eigenvalue weighted by atomic mass is 10.1. The van der Waals surface area contributed by atoms with Crippen molar-refractivity contribution in [3.05, 3.63) is 23.8 Å². The molecule has 1 aromatic carbocycles. The van der Waals surface area contributed by atoms with Crippen molar-refractivity contribution < 1.29 is 19.4 Å². The molecule has 0 radical (unpaired) electrons. The third-order valence-corrected chi connectivity index (χ3v) is 3.03. The molecule has 21 heavy (non-hydrogen) atoms. The molecular formula is C16H25NO4. The SMILES string of the molecule is CCC(Oc1ccc(CNCC(C)C)cc1OC)C(=O)O. The van der Waals surface area contributed by atoms with E-state index in [1.54, 1.807) is 20.1 Å². The van der Waals surface area contributed by atoms with Crippen LogP contribution in [0, 0.1) is 5.92 Å². The predicted molar refractivity (Wildman–Crippen MR) is 81.9 cm³/mol. The van der Waals surface area contributed by atoms with Crippen molar-refractivity contribution in [3.8, 4) is 11.5 Å². The van der Waals surface area contributed by atoms with E-state index in [0.29, 0.717) is 23.8 Å². The second-order valence-corrected chi connectivity index (χ2v) is 5.36. The molecule has 0 saturated carbocycles. The van der Waals surface area contributed by atoms with E-state index in [2.05, 4.69) is 19.2 Å². The minimum Gasteiger partial charge on any atom is -0.493 e. The van der Waals surface area contributed by atoms with E-state index in [-0.39, 0.29) is 0 Å². The second kappa shape index (κ2) is 8.52. The van der Waals surface area contributed by atoms with Crippen LogP contribution < -0.4 is 14.8 Å². The number of aliphatic carboxylic acids is 1. The molecule has 5 nitrogen and oxygen atoms in total. The molecule has 0 heterocycles. The van der Waals surface area contributed by atoms with Crippen LogP contribution in [0.2, 0.25) is 0 Å². The van der Waals surface area contributed by atoms with Crippen LogP contribution in [0.3, 0.4) is 0 Å². The number of carboxylic acid groups (broad SMARTS) is 1. The Morgan fingerprint density at radius 1 is 1.33 bits per heavy atom. The van der Waals surface area contributed by atoms with Gasteiger partial charge in [-0.1, -0.05) is 26.8 Å². The van der Waals surface area contributed by atoms with Crippen LogP contribution in [0.5, 0.6) is 11.5 Å². The average molecular weight is 295 g/mol. The van der Waals surface area contributed by atoms with Gasteiger partial charge in [0.25, 0.3) is 0 Å². The van der Waals surface area contributed by atoms with E-state index in [1.807, 2.05) is 12.1 Å². The fraction of sp³-hybridized carbons (Fsp3) is 0.562. The lowest BCUT2D eigenvalue weighted by Crippen LogP contribution is -2.26. The largest absolute Gasteiger partial charge is 0.493 e. The molecule has 0 fully saturated rings. The Hall–Kier alpha value is -1.75. The zero-order chi connectivity index (χ0) is 15.8. The molecule has 0 aliphatic carbocycles. The highest BCUT2D eigenvalue weighted by molar-refractivity contribution is 5.72. The van der Waals surface area contributed by atoms with Gasteiger partial charge in [0.2, 0.25) is 0 Å². The van der Waals surface area contributed by atoms with Crippen LogP contribution in [0.15, 0.2) is 18.2 Å². The quantitative estimate of drug-likeness (QED) is 0.733. The van der Waals surface area contributed by atoms with Crippen molar-refractivity contribution in [3.63, 3.8) is 0 Å². The van der Waals surface area contributed by atoms with E-state index in [0.717, 1.165) is 18.7 Å². The highest BCUT2D eigenvalue weighted by atomic mass is 16.5. The summed E-state index contributed by atoms with van der Waals surface area (Å²) in [6, 6.07) is 5.55. The van der Waals surface area contributed by atoms with Gasteiger partial charge in [0.15, 0.2) is 17.6 Å². The van der Waals surface area contributed by atoms with Crippen LogP contribution in [0.4, 0.5) is 0 Å². The summed E-state index contributed by atoms with van der Waals surface area (Å²) in [5, 5.41) is 12.4. The van der Waals surface area contributed by atoms with Gasteiger partial charge in [-0.05, 0) is 36.6 Å². The number of carboxylic acids is 1. The van der Waals surface area contributed by atoms with Gasteiger partial charge in [-0.25, -0.2) is 4.79 Å². The van der Waals surface area contributed by atoms with E-state index >= 15 is 0 Å². The molecule has 1 rings (SSSR count). The van der Waals surface area contributed by atoms with Gasteiger partial charge >= 0.3 is 5.97 Å². The van der Waals surface area contributed by atoms with Gasteiger partial charge < -0.3 is 19.9 Å². The summed E-state index contributed by atoms with van der Waals surface area (Å²) in [5.41, 5.74) is 1.07. The van der Waals surface area contributed by atoms with Crippen molar-refractivity contribution in [1.29, 1.82) is 0 Å². The van der Waals surface area contributed by atoms with Gasteiger partial charge in [-0.15, -0.1) is 0 Å². The Kier molecular flexibility index (Phi) is 7.02. The Labute approximate surface area is 126 Å². The molecule has 1 aromatic rings. The first-order chi connectivity index (χ1) is 9.97. The third kappa shape index (κ3) is 5.63. The number of hydrogen-bond donors (Lipinski definition) is 2. The molecule has 5 heteroatoms. The maximum absolute atomic E-state index is 11.0. The van der Waals surface area contributed by atoms with Crippen LogP contribution in [-0.2, 0) is 11.3 Å². The number of benzene rings is 1. The zero-order valence-electron chi connectivity index (χ0n) is 13.2. The predicted octanol–water partition coefficient (Wildman–Crippen LogP) is 2.68. The van der Waals surface area contributed by atoms with Gasteiger partial charge in [0.1, 0.15) is 0 Å². The van der Waals surface area contributed by atoms with Gasteiger partial charge in [-0.3, -0.25) is 0 Å². The summed E-state index contributed by atoms with van der Waals surface area (Å²) in [4.78, 5) is 11.0. The second-order valence-electron chi connectivity index (χ2n) is 5.36. The average Bonchev–Trinajstić information content (AvgIpc) is 2.44. The molecule has 0 aliphatic rings. The number of carbonyl (C=O) groups is 1. The van der Waals surface area contributed by atoms with E-state index in [9.17, 15) is 4.79 Å². The first-order valence-electron chi connectivity index (χ1n) is 7.25. The molecule has 0 bridgehead atoms. The van der Waals surface area contributed by atoms with Crippen molar-refractivity contribution in [2.45, 2.75) is 39.8 Å². The summed E-state index contributed by atoms with van der Waals surface area (Å²) >= 11 is 0. The number of nitrogens with one attached hydrogen (secondary N) is 1. The lowest BCUT2D eigenvalue weighted by Gasteiger charge is -2.16. The first-order valence-corrected chi connectivity index (χ1v) is 7.25. The molecule has 1 unspecified atom stereocenters.